The lowest BCUT2D eigenvalue weighted by atomic mass is 9.86. The molecule has 1 heterocycles. The average molecular weight is 421 g/mol. The van der Waals surface area contributed by atoms with Crippen LogP contribution in [0.25, 0.3) is 0 Å². The van der Waals surface area contributed by atoms with E-state index in [1.807, 2.05) is 39.0 Å². The van der Waals surface area contributed by atoms with E-state index in [0.29, 0.717) is 13.1 Å². The Morgan fingerprint density at radius 1 is 1.23 bits per heavy atom. The minimum absolute atomic E-state index is 0.0731. The van der Waals surface area contributed by atoms with Gasteiger partial charge in [-0.25, -0.2) is 0 Å². The van der Waals surface area contributed by atoms with Gasteiger partial charge in [0, 0.05) is 19.7 Å². The minimum Gasteiger partial charge on any atom is -0.469 e. The number of benzene rings is 1. The lowest BCUT2D eigenvalue weighted by molar-refractivity contribution is -0.149. The van der Waals surface area contributed by atoms with E-state index in [1.165, 1.54) is 19.1 Å². The highest BCUT2D eigenvalue weighted by Gasteiger charge is 2.35. The molecule has 1 aromatic rings. The fourth-order valence-corrected chi connectivity index (χ4v) is 3.11. The zero-order valence-electron chi connectivity index (χ0n) is 19.4. The SMILES string of the molecule is CCCCOCc1ccccc1.COC(=O)C1CCCN(C(=O)C(N)C(C)(C)C)C1. The molecular weight excluding hydrogens is 380 g/mol. The molecule has 1 aromatic carbocycles. The second kappa shape index (κ2) is 13.4. The van der Waals surface area contributed by atoms with Gasteiger partial charge in [0.1, 0.15) is 0 Å². The van der Waals surface area contributed by atoms with Crippen LogP contribution in [-0.4, -0.2) is 49.6 Å². The van der Waals surface area contributed by atoms with Crippen LogP contribution in [0.3, 0.4) is 0 Å². The molecule has 6 nitrogen and oxygen atoms in total. The molecule has 0 aliphatic carbocycles. The molecule has 30 heavy (non-hydrogen) atoms. The van der Waals surface area contributed by atoms with Crippen LogP contribution in [-0.2, 0) is 25.7 Å². The van der Waals surface area contributed by atoms with Crippen LogP contribution in [0, 0.1) is 11.3 Å². The lowest BCUT2D eigenvalue weighted by Gasteiger charge is -2.36. The number of esters is 1. The third kappa shape index (κ3) is 9.26. The predicted octanol–water partition coefficient (Wildman–Crippen LogP) is 3.77. The molecule has 1 aliphatic rings. The van der Waals surface area contributed by atoms with Gasteiger partial charge in [-0.2, -0.15) is 0 Å². The highest BCUT2D eigenvalue weighted by Crippen LogP contribution is 2.23. The first-order valence-corrected chi connectivity index (χ1v) is 10.9. The number of amides is 1. The molecule has 2 rings (SSSR count). The van der Waals surface area contributed by atoms with Crippen molar-refractivity contribution in [2.75, 3.05) is 26.8 Å². The number of nitrogens with two attached hydrogens (primary N) is 1. The summed E-state index contributed by atoms with van der Waals surface area (Å²) in [6.45, 7) is 10.7. The Morgan fingerprint density at radius 2 is 1.90 bits per heavy atom. The van der Waals surface area contributed by atoms with E-state index in [4.69, 9.17) is 15.2 Å². The quantitative estimate of drug-likeness (QED) is 0.536. The zero-order chi connectivity index (χ0) is 22.6. The second-order valence-electron chi connectivity index (χ2n) is 8.88. The number of methoxy groups -OCH3 is 1. The number of carbonyl (C=O) groups is 2. The smallest absolute Gasteiger partial charge is 0.310 e. The van der Waals surface area contributed by atoms with Crippen molar-refractivity contribution in [1.29, 1.82) is 0 Å². The van der Waals surface area contributed by atoms with Gasteiger partial charge in [-0.05, 0) is 30.2 Å². The average Bonchev–Trinajstić information content (AvgIpc) is 2.75. The fraction of sp³-hybridized carbons (Fsp3) is 0.667. The van der Waals surface area contributed by atoms with Crippen LogP contribution in [0.15, 0.2) is 30.3 Å². The normalized spacial score (nSPS) is 17.5. The number of hydrogen-bond donors (Lipinski definition) is 1. The number of piperidine rings is 1. The summed E-state index contributed by atoms with van der Waals surface area (Å²) in [7, 11) is 1.38. The van der Waals surface area contributed by atoms with Gasteiger partial charge in [-0.1, -0.05) is 64.4 Å². The summed E-state index contributed by atoms with van der Waals surface area (Å²) in [5.41, 5.74) is 6.96. The van der Waals surface area contributed by atoms with Crippen molar-refractivity contribution in [3.8, 4) is 0 Å². The maximum Gasteiger partial charge on any atom is 0.310 e. The third-order valence-corrected chi connectivity index (χ3v) is 5.22. The van der Waals surface area contributed by atoms with Crippen molar-refractivity contribution >= 4 is 11.9 Å². The summed E-state index contributed by atoms with van der Waals surface area (Å²) < 4.78 is 10.2. The fourth-order valence-electron chi connectivity index (χ4n) is 3.11. The van der Waals surface area contributed by atoms with Gasteiger partial charge in [-0.15, -0.1) is 0 Å². The van der Waals surface area contributed by atoms with Gasteiger partial charge in [0.25, 0.3) is 0 Å². The molecule has 6 heteroatoms. The van der Waals surface area contributed by atoms with Crippen molar-refractivity contribution in [3.63, 3.8) is 0 Å². The Hall–Kier alpha value is -1.92. The van der Waals surface area contributed by atoms with Gasteiger partial charge in [0.15, 0.2) is 0 Å². The van der Waals surface area contributed by atoms with E-state index < -0.39 is 6.04 Å². The monoisotopic (exact) mass is 420 g/mol. The Balaban J connectivity index is 0.000000325. The molecule has 2 atom stereocenters. The maximum atomic E-state index is 12.3. The number of likely N-dealkylation sites (tertiary alicyclic amines) is 1. The van der Waals surface area contributed by atoms with E-state index in [9.17, 15) is 9.59 Å². The first-order valence-electron chi connectivity index (χ1n) is 10.9. The van der Waals surface area contributed by atoms with E-state index in [0.717, 1.165) is 32.5 Å². The molecule has 0 radical (unpaired) electrons. The van der Waals surface area contributed by atoms with Crippen molar-refractivity contribution in [3.05, 3.63) is 35.9 Å². The topological polar surface area (TPSA) is 81.9 Å². The number of hydrogen-bond acceptors (Lipinski definition) is 5. The molecule has 1 fully saturated rings. The highest BCUT2D eigenvalue weighted by molar-refractivity contribution is 5.83. The molecule has 170 valence electrons. The maximum absolute atomic E-state index is 12.3. The van der Waals surface area contributed by atoms with Crippen LogP contribution < -0.4 is 5.73 Å². The molecule has 0 spiro atoms. The molecule has 0 bridgehead atoms. The van der Waals surface area contributed by atoms with Crippen molar-refractivity contribution in [2.45, 2.75) is 66.0 Å². The molecule has 1 aliphatic heterocycles. The van der Waals surface area contributed by atoms with Crippen LogP contribution in [0.4, 0.5) is 0 Å². The molecule has 1 amide bonds. The molecule has 1 saturated heterocycles. The Kier molecular flexibility index (Phi) is 11.7. The van der Waals surface area contributed by atoms with E-state index in [1.54, 1.807) is 4.90 Å². The second-order valence-corrected chi connectivity index (χ2v) is 8.88. The molecule has 2 unspecified atom stereocenters. The van der Waals surface area contributed by atoms with Crippen molar-refractivity contribution < 1.29 is 19.1 Å². The third-order valence-electron chi connectivity index (χ3n) is 5.22. The Morgan fingerprint density at radius 3 is 2.47 bits per heavy atom. The highest BCUT2D eigenvalue weighted by atomic mass is 16.5. The van der Waals surface area contributed by atoms with Gasteiger partial charge >= 0.3 is 5.97 Å². The van der Waals surface area contributed by atoms with Crippen LogP contribution >= 0.6 is 0 Å². The first-order chi connectivity index (χ1) is 14.2. The molecule has 0 aromatic heterocycles. The lowest BCUT2D eigenvalue weighted by Crippen LogP contribution is -2.53. The summed E-state index contributed by atoms with van der Waals surface area (Å²) in [5, 5.41) is 0. The zero-order valence-corrected chi connectivity index (χ0v) is 19.4. The number of ether oxygens (including phenoxy) is 2. The summed E-state index contributed by atoms with van der Waals surface area (Å²) in [6.07, 6.45) is 3.96. The number of nitrogens with zero attached hydrogens (tertiary/aromatic N) is 1. The van der Waals surface area contributed by atoms with Crippen molar-refractivity contribution in [2.24, 2.45) is 17.1 Å². The van der Waals surface area contributed by atoms with Crippen LogP contribution in [0.2, 0.25) is 0 Å². The Bertz CT molecular complexity index is 628. The standard InChI is InChI=1S/C13H24N2O3.C11H16O/c1-13(2,3)10(14)11(16)15-7-5-6-9(8-15)12(17)18-4;1-2-3-9-12-10-11-7-5-4-6-8-11/h9-10H,5-8,14H2,1-4H3;4-8H,2-3,9-10H2,1H3. The first kappa shape index (κ1) is 26.1. The predicted molar refractivity (Wildman–Crippen MR) is 120 cm³/mol. The Labute approximate surface area is 182 Å². The van der Waals surface area contributed by atoms with E-state index >= 15 is 0 Å². The van der Waals surface area contributed by atoms with Gasteiger partial charge in [-0.3, -0.25) is 9.59 Å². The minimum atomic E-state index is -0.533. The summed E-state index contributed by atoms with van der Waals surface area (Å²) in [4.78, 5) is 25.5. The van der Waals surface area contributed by atoms with Crippen molar-refractivity contribution in [1.82, 2.24) is 4.90 Å². The number of unbranched alkanes of at least 4 members (excludes halogenated alkanes) is 1. The summed E-state index contributed by atoms with van der Waals surface area (Å²) >= 11 is 0. The number of rotatable bonds is 7. The summed E-state index contributed by atoms with van der Waals surface area (Å²) in [6, 6.07) is 9.75. The van der Waals surface area contributed by atoms with Gasteiger partial charge < -0.3 is 20.1 Å². The largest absolute Gasteiger partial charge is 0.469 e. The van der Waals surface area contributed by atoms with Gasteiger partial charge in [0.05, 0.1) is 25.7 Å². The van der Waals surface area contributed by atoms with Crippen LogP contribution in [0.5, 0.6) is 0 Å². The molecule has 2 N–H and O–H groups in total. The van der Waals surface area contributed by atoms with E-state index in [-0.39, 0.29) is 23.2 Å². The number of carbonyl (C=O) groups excluding carboxylic acids is 2. The van der Waals surface area contributed by atoms with Crippen LogP contribution in [0.1, 0.15) is 58.9 Å². The molecular formula is C24H40N2O4. The van der Waals surface area contributed by atoms with Gasteiger partial charge in [0.2, 0.25) is 5.91 Å². The van der Waals surface area contributed by atoms with E-state index in [2.05, 4.69) is 19.1 Å². The molecule has 0 saturated carbocycles. The summed E-state index contributed by atoms with van der Waals surface area (Å²) in [5.74, 6) is -0.521.